The van der Waals surface area contributed by atoms with Crippen LogP contribution in [0.1, 0.15) is 30.4 Å². The summed E-state index contributed by atoms with van der Waals surface area (Å²) in [6, 6.07) is 12.0. The summed E-state index contributed by atoms with van der Waals surface area (Å²) in [5, 5.41) is 14.2. The molecule has 0 spiro atoms. The highest BCUT2D eigenvalue weighted by atomic mass is 16.5. The first-order valence-electron chi connectivity index (χ1n) is 9.69. The number of carbonyl (C=O) groups is 1. The Kier molecular flexibility index (Phi) is 6.63. The van der Waals surface area contributed by atoms with E-state index in [1.807, 2.05) is 55.1 Å². The highest BCUT2D eigenvalue weighted by Crippen LogP contribution is 2.22. The highest BCUT2D eigenvalue weighted by molar-refractivity contribution is 5.76. The Morgan fingerprint density at radius 3 is 2.78 bits per heavy atom. The number of amides is 1. The van der Waals surface area contributed by atoms with E-state index in [1.165, 1.54) is 0 Å². The zero-order valence-corrected chi connectivity index (χ0v) is 16.2. The van der Waals surface area contributed by atoms with Crippen molar-refractivity contribution in [3.8, 4) is 0 Å². The summed E-state index contributed by atoms with van der Waals surface area (Å²) in [6.45, 7) is 7.30. The molecule has 1 aromatic heterocycles. The normalized spacial score (nSPS) is 20.1. The van der Waals surface area contributed by atoms with Crippen LogP contribution in [-0.2, 0) is 17.8 Å². The van der Waals surface area contributed by atoms with Crippen molar-refractivity contribution in [1.82, 2.24) is 15.0 Å². The quantitative estimate of drug-likeness (QED) is 0.771. The van der Waals surface area contributed by atoms with Crippen LogP contribution in [0.15, 0.2) is 40.9 Å². The van der Waals surface area contributed by atoms with Gasteiger partial charge in [0.05, 0.1) is 11.8 Å². The van der Waals surface area contributed by atoms with E-state index in [1.54, 1.807) is 0 Å². The van der Waals surface area contributed by atoms with Gasteiger partial charge < -0.3 is 14.5 Å². The molecule has 2 heterocycles. The SMILES string of the molecule is CCN(Cc1ccccc1)C(=O)CCN1C[C@@H](Cc2cc(C)no2)[C@@H](O)C1. The Hall–Kier alpha value is -2.18. The first-order valence-corrected chi connectivity index (χ1v) is 9.69. The van der Waals surface area contributed by atoms with Gasteiger partial charge in [-0.15, -0.1) is 0 Å². The molecule has 2 aromatic rings. The van der Waals surface area contributed by atoms with Crippen molar-refractivity contribution in [3.63, 3.8) is 0 Å². The number of carbonyl (C=O) groups excluding carboxylic acids is 1. The van der Waals surface area contributed by atoms with Crippen LogP contribution in [0, 0.1) is 12.8 Å². The second-order valence-electron chi connectivity index (χ2n) is 7.37. The lowest BCUT2D eigenvalue weighted by atomic mass is 10.0. The van der Waals surface area contributed by atoms with Crippen LogP contribution in [0.3, 0.4) is 0 Å². The zero-order valence-electron chi connectivity index (χ0n) is 16.2. The molecule has 6 nitrogen and oxygen atoms in total. The predicted molar refractivity (Wildman–Crippen MR) is 103 cm³/mol. The Bertz CT molecular complexity index is 731. The van der Waals surface area contributed by atoms with Crippen LogP contribution in [-0.4, -0.2) is 58.3 Å². The lowest BCUT2D eigenvalue weighted by molar-refractivity contribution is -0.131. The summed E-state index contributed by atoms with van der Waals surface area (Å²) in [6.07, 6.45) is 0.764. The molecular formula is C21H29N3O3. The van der Waals surface area contributed by atoms with Crippen LogP contribution in [0.2, 0.25) is 0 Å². The van der Waals surface area contributed by atoms with Crippen LogP contribution >= 0.6 is 0 Å². The molecule has 1 N–H and O–H groups in total. The summed E-state index contributed by atoms with van der Waals surface area (Å²) < 4.78 is 5.27. The Morgan fingerprint density at radius 2 is 2.11 bits per heavy atom. The minimum absolute atomic E-state index is 0.124. The van der Waals surface area contributed by atoms with Crippen molar-refractivity contribution >= 4 is 5.91 Å². The number of nitrogens with zero attached hydrogens (tertiary/aromatic N) is 3. The highest BCUT2D eigenvalue weighted by Gasteiger charge is 2.32. The lowest BCUT2D eigenvalue weighted by Crippen LogP contribution is -2.34. The van der Waals surface area contributed by atoms with Gasteiger partial charge in [-0.3, -0.25) is 9.69 Å². The van der Waals surface area contributed by atoms with E-state index in [4.69, 9.17) is 4.52 Å². The van der Waals surface area contributed by atoms with Gasteiger partial charge >= 0.3 is 0 Å². The number of aliphatic hydroxyl groups is 1. The summed E-state index contributed by atoms with van der Waals surface area (Å²) in [5.74, 6) is 1.10. The molecule has 0 unspecified atom stereocenters. The topological polar surface area (TPSA) is 69.8 Å². The number of likely N-dealkylation sites (tertiary alicyclic amines) is 1. The Labute approximate surface area is 160 Å². The number of benzene rings is 1. The van der Waals surface area contributed by atoms with E-state index < -0.39 is 6.10 Å². The van der Waals surface area contributed by atoms with Crippen molar-refractivity contribution in [1.29, 1.82) is 0 Å². The summed E-state index contributed by atoms with van der Waals surface area (Å²) >= 11 is 0. The fraction of sp³-hybridized carbons (Fsp3) is 0.524. The van der Waals surface area contributed by atoms with Gasteiger partial charge in [0.1, 0.15) is 5.76 Å². The number of β-amino-alcohol motifs (C(OH)–C–C–N with tert-alkyl or cyclic N) is 1. The number of hydrogen-bond donors (Lipinski definition) is 1. The van der Waals surface area contributed by atoms with Crippen LogP contribution in [0.4, 0.5) is 0 Å². The minimum Gasteiger partial charge on any atom is -0.391 e. The predicted octanol–water partition coefficient (Wildman–Crippen LogP) is 2.26. The van der Waals surface area contributed by atoms with Crippen LogP contribution < -0.4 is 0 Å². The molecule has 1 saturated heterocycles. The number of hydrogen-bond acceptors (Lipinski definition) is 5. The van der Waals surface area contributed by atoms with E-state index in [0.29, 0.717) is 39.0 Å². The average Bonchev–Trinajstić information content (AvgIpc) is 3.24. The summed E-state index contributed by atoms with van der Waals surface area (Å²) in [5.41, 5.74) is 2.00. The Morgan fingerprint density at radius 1 is 1.33 bits per heavy atom. The standard InChI is InChI=1S/C21H29N3O3/c1-3-24(13-17-7-5-4-6-8-17)21(26)9-10-23-14-18(20(25)15-23)12-19-11-16(2)22-27-19/h4-8,11,18,20,25H,3,9-10,12-15H2,1-2H3/t18-,20+/m1/s1. The molecule has 1 amide bonds. The summed E-state index contributed by atoms with van der Waals surface area (Å²) in [7, 11) is 0. The molecule has 3 rings (SSSR count). The largest absolute Gasteiger partial charge is 0.391 e. The third-order valence-corrected chi connectivity index (χ3v) is 5.21. The van der Waals surface area contributed by atoms with E-state index in [0.717, 1.165) is 23.6 Å². The van der Waals surface area contributed by atoms with E-state index >= 15 is 0 Å². The average molecular weight is 371 g/mol. The molecule has 1 aromatic carbocycles. The molecule has 2 atom stereocenters. The smallest absolute Gasteiger partial charge is 0.224 e. The fourth-order valence-corrected chi connectivity index (χ4v) is 3.69. The second-order valence-corrected chi connectivity index (χ2v) is 7.37. The maximum atomic E-state index is 12.6. The minimum atomic E-state index is -0.392. The third-order valence-electron chi connectivity index (χ3n) is 5.21. The van der Waals surface area contributed by atoms with Gasteiger partial charge in [0.15, 0.2) is 0 Å². The molecule has 0 saturated carbocycles. The van der Waals surface area contributed by atoms with Crippen molar-refractivity contribution in [2.45, 2.75) is 39.3 Å². The summed E-state index contributed by atoms with van der Waals surface area (Å²) in [4.78, 5) is 16.7. The number of aliphatic hydroxyl groups excluding tert-OH is 1. The molecule has 0 bridgehead atoms. The number of aryl methyl sites for hydroxylation is 1. The van der Waals surface area contributed by atoms with E-state index in [-0.39, 0.29) is 11.8 Å². The molecule has 0 aliphatic carbocycles. The van der Waals surface area contributed by atoms with Gasteiger partial charge in [-0.05, 0) is 19.4 Å². The van der Waals surface area contributed by atoms with Gasteiger partial charge in [-0.2, -0.15) is 0 Å². The number of rotatable bonds is 8. The van der Waals surface area contributed by atoms with Gasteiger partial charge in [0.2, 0.25) is 5.91 Å². The molecule has 1 aliphatic rings. The Balaban J connectivity index is 1.46. The fourth-order valence-electron chi connectivity index (χ4n) is 3.69. The molecule has 146 valence electrons. The lowest BCUT2D eigenvalue weighted by Gasteiger charge is -2.23. The van der Waals surface area contributed by atoms with E-state index in [9.17, 15) is 9.90 Å². The molecule has 27 heavy (non-hydrogen) atoms. The van der Waals surface area contributed by atoms with Gasteiger partial charge in [0, 0.05) is 57.5 Å². The third kappa shape index (κ3) is 5.40. The van der Waals surface area contributed by atoms with Crippen molar-refractivity contribution < 1.29 is 14.4 Å². The monoisotopic (exact) mass is 371 g/mol. The second kappa shape index (κ2) is 9.15. The first-order chi connectivity index (χ1) is 13.0. The van der Waals surface area contributed by atoms with Crippen molar-refractivity contribution in [2.24, 2.45) is 5.92 Å². The molecule has 0 radical (unpaired) electrons. The maximum Gasteiger partial charge on any atom is 0.224 e. The van der Waals surface area contributed by atoms with Gasteiger partial charge in [-0.1, -0.05) is 35.5 Å². The van der Waals surface area contributed by atoms with Crippen molar-refractivity contribution in [2.75, 3.05) is 26.2 Å². The molecule has 6 heteroatoms. The zero-order chi connectivity index (χ0) is 19.2. The van der Waals surface area contributed by atoms with Crippen molar-refractivity contribution in [3.05, 3.63) is 53.4 Å². The molecule has 1 aliphatic heterocycles. The number of aromatic nitrogens is 1. The molecule has 1 fully saturated rings. The van der Waals surface area contributed by atoms with Gasteiger partial charge in [-0.25, -0.2) is 0 Å². The molecular weight excluding hydrogens is 342 g/mol. The van der Waals surface area contributed by atoms with Crippen LogP contribution in [0.5, 0.6) is 0 Å². The first kappa shape index (κ1) is 19.6. The maximum absolute atomic E-state index is 12.6. The van der Waals surface area contributed by atoms with E-state index in [2.05, 4.69) is 10.1 Å². The van der Waals surface area contributed by atoms with Gasteiger partial charge in [0.25, 0.3) is 0 Å². The van der Waals surface area contributed by atoms with Crippen LogP contribution in [0.25, 0.3) is 0 Å².